The summed E-state index contributed by atoms with van der Waals surface area (Å²) in [4.78, 5) is 18.6. The van der Waals surface area contributed by atoms with E-state index in [0.29, 0.717) is 0 Å². The number of fused-ring (bicyclic) bond motifs is 6. The van der Waals surface area contributed by atoms with Crippen LogP contribution in [0.25, 0.3) is 82.7 Å². The van der Waals surface area contributed by atoms with Crippen molar-refractivity contribution < 1.29 is 0 Å². The minimum atomic E-state index is 0.854. The molecule has 0 atom stereocenters. The smallest absolute Gasteiger partial charge is 0.137 e. The van der Waals surface area contributed by atoms with E-state index in [2.05, 4.69) is 112 Å². The van der Waals surface area contributed by atoms with Crippen LogP contribution in [0.2, 0.25) is 0 Å². The van der Waals surface area contributed by atoms with Gasteiger partial charge in [0.1, 0.15) is 5.82 Å². The van der Waals surface area contributed by atoms with E-state index in [4.69, 9.17) is 9.97 Å². The molecule has 0 spiro atoms. The van der Waals surface area contributed by atoms with Crippen LogP contribution < -0.4 is 0 Å². The molecule has 0 bridgehead atoms. The van der Waals surface area contributed by atoms with Crippen LogP contribution in [0.1, 0.15) is 0 Å². The van der Waals surface area contributed by atoms with Gasteiger partial charge in [-0.1, -0.05) is 66.7 Å². The third-order valence-corrected chi connectivity index (χ3v) is 8.66. The van der Waals surface area contributed by atoms with Crippen molar-refractivity contribution in [2.24, 2.45) is 0 Å². The number of pyridine rings is 4. The molecular formula is C40H25N5. The first-order chi connectivity index (χ1) is 22.3. The molecule has 4 aromatic carbocycles. The standard InChI is InChI=1S/C40H25N5/c1-2-10-31-26(7-1)17-20-43-39(31)30-14-16-38(44-25-30)45-37-15-13-27(28-8-5-18-41-23-28)21-35(37)36-22-34(29-9-6-19-42-24-29)32-11-3-4-12-33(32)40(36)45/h1-25H. The van der Waals surface area contributed by atoms with Gasteiger partial charge in [-0.05, 0) is 70.4 Å². The Balaban J connectivity index is 1.33. The van der Waals surface area contributed by atoms with Crippen molar-refractivity contribution in [3.8, 4) is 39.3 Å². The second kappa shape index (κ2) is 10.2. The summed E-state index contributed by atoms with van der Waals surface area (Å²) < 4.78 is 2.30. The minimum absolute atomic E-state index is 0.854. The van der Waals surface area contributed by atoms with E-state index in [9.17, 15) is 0 Å². The van der Waals surface area contributed by atoms with E-state index in [1.165, 1.54) is 5.39 Å². The molecule has 0 saturated carbocycles. The van der Waals surface area contributed by atoms with Crippen LogP contribution in [0.15, 0.2) is 152 Å². The van der Waals surface area contributed by atoms with Gasteiger partial charge in [-0.3, -0.25) is 19.5 Å². The van der Waals surface area contributed by atoms with Crippen molar-refractivity contribution in [1.82, 2.24) is 24.5 Å². The lowest BCUT2D eigenvalue weighted by Gasteiger charge is -2.13. The maximum Gasteiger partial charge on any atom is 0.137 e. The van der Waals surface area contributed by atoms with Gasteiger partial charge in [0.15, 0.2) is 0 Å². The fourth-order valence-electron chi connectivity index (χ4n) is 6.59. The summed E-state index contributed by atoms with van der Waals surface area (Å²) in [5.41, 5.74) is 8.58. The minimum Gasteiger partial charge on any atom is -0.293 e. The molecule has 5 nitrogen and oxygen atoms in total. The summed E-state index contributed by atoms with van der Waals surface area (Å²) in [6.07, 6.45) is 11.3. The van der Waals surface area contributed by atoms with Gasteiger partial charge in [0.2, 0.25) is 0 Å². The van der Waals surface area contributed by atoms with Gasteiger partial charge in [0, 0.05) is 75.4 Å². The molecule has 0 aliphatic carbocycles. The number of hydrogen-bond donors (Lipinski definition) is 0. The molecule has 45 heavy (non-hydrogen) atoms. The number of aromatic nitrogens is 5. The normalized spacial score (nSPS) is 11.6. The SMILES string of the molecule is c1cncc(-c2ccc3c(c2)c2cc(-c4cccnc4)c4ccccc4c2n3-c2ccc(-c3nccc4ccccc34)cn2)c1. The largest absolute Gasteiger partial charge is 0.293 e. The Morgan fingerprint density at radius 3 is 1.98 bits per heavy atom. The second-order valence-electron chi connectivity index (χ2n) is 11.2. The average Bonchev–Trinajstić information content (AvgIpc) is 3.45. The highest BCUT2D eigenvalue weighted by atomic mass is 15.1. The summed E-state index contributed by atoms with van der Waals surface area (Å²) in [5, 5.41) is 6.93. The first kappa shape index (κ1) is 25.3. The third-order valence-electron chi connectivity index (χ3n) is 8.66. The Morgan fingerprint density at radius 1 is 0.444 bits per heavy atom. The second-order valence-corrected chi connectivity index (χ2v) is 11.2. The molecule has 9 aromatic rings. The van der Waals surface area contributed by atoms with Crippen molar-refractivity contribution in [2.45, 2.75) is 0 Å². The summed E-state index contributed by atoms with van der Waals surface area (Å²) in [7, 11) is 0. The molecule has 0 aliphatic heterocycles. The quantitative estimate of drug-likeness (QED) is 0.210. The maximum absolute atomic E-state index is 5.08. The molecule has 5 heterocycles. The molecule has 5 aromatic heterocycles. The first-order valence-corrected chi connectivity index (χ1v) is 14.9. The van der Waals surface area contributed by atoms with Crippen molar-refractivity contribution >= 4 is 43.4 Å². The van der Waals surface area contributed by atoms with Crippen LogP contribution >= 0.6 is 0 Å². The topological polar surface area (TPSA) is 56.5 Å². The van der Waals surface area contributed by atoms with E-state index in [-0.39, 0.29) is 0 Å². The summed E-state index contributed by atoms with van der Waals surface area (Å²) in [5.74, 6) is 0.854. The van der Waals surface area contributed by atoms with E-state index < -0.39 is 0 Å². The molecule has 0 N–H and O–H groups in total. The zero-order valence-electron chi connectivity index (χ0n) is 24.2. The lowest BCUT2D eigenvalue weighted by atomic mass is 9.95. The molecule has 210 valence electrons. The Bertz CT molecular complexity index is 2510. The maximum atomic E-state index is 5.08. The number of nitrogens with zero attached hydrogens (tertiary/aromatic N) is 5. The lowest BCUT2D eigenvalue weighted by molar-refractivity contribution is 1.08. The molecule has 0 aliphatic rings. The highest BCUT2D eigenvalue weighted by Crippen LogP contribution is 2.42. The predicted molar refractivity (Wildman–Crippen MR) is 183 cm³/mol. The Kier molecular flexibility index (Phi) is 5.74. The van der Waals surface area contributed by atoms with Crippen molar-refractivity contribution in [3.63, 3.8) is 0 Å². The molecule has 0 saturated heterocycles. The van der Waals surface area contributed by atoms with Crippen molar-refractivity contribution in [3.05, 3.63) is 152 Å². The highest BCUT2D eigenvalue weighted by Gasteiger charge is 2.19. The van der Waals surface area contributed by atoms with Crippen LogP contribution in [-0.4, -0.2) is 24.5 Å². The fraction of sp³-hybridized carbons (Fsp3) is 0. The van der Waals surface area contributed by atoms with Gasteiger partial charge < -0.3 is 0 Å². The van der Waals surface area contributed by atoms with Gasteiger partial charge in [-0.2, -0.15) is 0 Å². The molecule has 0 amide bonds. The first-order valence-electron chi connectivity index (χ1n) is 14.9. The molecule has 0 unspecified atom stereocenters. The molecular weight excluding hydrogens is 550 g/mol. The Labute approximate surface area is 259 Å². The zero-order chi connectivity index (χ0) is 29.7. The molecule has 0 radical (unpaired) electrons. The highest BCUT2D eigenvalue weighted by molar-refractivity contribution is 6.22. The van der Waals surface area contributed by atoms with E-state index in [1.807, 2.05) is 55.4 Å². The van der Waals surface area contributed by atoms with Crippen LogP contribution in [0.5, 0.6) is 0 Å². The van der Waals surface area contributed by atoms with E-state index in [1.54, 1.807) is 0 Å². The van der Waals surface area contributed by atoms with Gasteiger partial charge in [-0.25, -0.2) is 4.98 Å². The van der Waals surface area contributed by atoms with E-state index in [0.717, 1.165) is 77.3 Å². The van der Waals surface area contributed by atoms with Crippen molar-refractivity contribution in [1.29, 1.82) is 0 Å². The summed E-state index contributed by atoms with van der Waals surface area (Å²) in [6, 6.07) is 40.4. The van der Waals surface area contributed by atoms with Gasteiger partial charge in [0.25, 0.3) is 0 Å². The van der Waals surface area contributed by atoms with Gasteiger partial charge >= 0.3 is 0 Å². The third kappa shape index (κ3) is 4.09. The number of hydrogen-bond acceptors (Lipinski definition) is 4. The average molecular weight is 576 g/mol. The summed E-state index contributed by atoms with van der Waals surface area (Å²) in [6.45, 7) is 0. The Morgan fingerprint density at radius 2 is 1.20 bits per heavy atom. The van der Waals surface area contributed by atoms with Crippen LogP contribution in [-0.2, 0) is 0 Å². The predicted octanol–water partition coefficient (Wildman–Crippen LogP) is 9.67. The lowest BCUT2D eigenvalue weighted by Crippen LogP contribution is -1.98. The van der Waals surface area contributed by atoms with Crippen LogP contribution in [0.4, 0.5) is 0 Å². The molecule has 9 rings (SSSR count). The molecule has 5 heteroatoms. The number of benzene rings is 4. The van der Waals surface area contributed by atoms with Crippen LogP contribution in [0.3, 0.4) is 0 Å². The van der Waals surface area contributed by atoms with Crippen LogP contribution in [0, 0.1) is 0 Å². The van der Waals surface area contributed by atoms with Gasteiger partial charge in [0.05, 0.1) is 16.7 Å². The molecule has 0 fully saturated rings. The van der Waals surface area contributed by atoms with Gasteiger partial charge in [-0.15, -0.1) is 0 Å². The fourth-order valence-corrected chi connectivity index (χ4v) is 6.59. The van der Waals surface area contributed by atoms with E-state index >= 15 is 0 Å². The summed E-state index contributed by atoms with van der Waals surface area (Å²) >= 11 is 0. The zero-order valence-corrected chi connectivity index (χ0v) is 24.2. The monoisotopic (exact) mass is 575 g/mol. The number of rotatable bonds is 4. The Hall–Kier alpha value is -6.20. The van der Waals surface area contributed by atoms with Crippen molar-refractivity contribution in [2.75, 3.05) is 0 Å².